The van der Waals surface area contributed by atoms with Gasteiger partial charge in [-0.1, -0.05) is 13.8 Å². The van der Waals surface area contributed by atoms with E-state index < -0.39 is 0 Å². The molecular formula is C12H20N4. The summed E-state index contributed by atoms with van der Waals surface area (Å²) >= 11 is 0. The molecule has 1 saturated heterocycles. The number of aryl methyl sites for hydroxylation is 1. The predicted octanol–water partition coefficient (Wildman–Crippen LogP) is 1.18. The molecule has 0 atom stereocenters. The molecule has 1 aromatic heterocycles. The Morgan fingerprint density at radius 1 is 1.06 bits per heavy atom. The summed E-state index contributed by atoms with van der Waals surface area (Å²) in [6, 6.07) is 0. The van der Waals surface area contributed by atoms with Gasteiger partial charge < -0.3 is 9.80 Å². The zero-order chi connectivity index (χ0) is 11.4. The summed E-state index contributed by atoms with van der Waals surface area (Å²) in [5.41, 5.74) is 1.07. The molecule has 0 aliphatic carbocycles. The van der Waals surface area contributed by atoms with E-state index in [0.29, 0.717) is 0 Å². The van der Waals surface area contributed by atoms with Crippen LogP contribution in [0.3, 0.4) is 0 Å². The molecule has 0 radical (unpaired) electrons. The average molecular weight is 220 g/mol. The summed E-state index contributed by atoms with van der Waals surface area (Å²) in [5, 5.41) is 0. The molecule has 0 saturated carbocycles. The van der Waals surface area contributed by atoms with Gasteiger partial charge in [0, 0.05) is 26.2 Å². The van der Waals surface area contributed by atoms with Crippen LogP contribution < -0.4 is 4.90 Å². The molecule has 1 aliphatic rings. The van der Waals surface area contributed by atoms with E-state index in [0.717, 1.165) is 50.7 Å². The second-order valence-corrected chi connectivity index (χ2v) is 4.14. The van der Waals surface area contributed by atoms with Gasteiger partial charge in [0.25, 0.3) is 0 Å². The van der Waals surface area contributed by atoms with Crippen LogP contribution in [0.1, 0.15) is 19.5 Å². The molecular weight excluding hydrogens is 200 g/mol. The van der Waals surface area contributed by atoms with Crippen molar-refractivity contribution in [3.8, 4) is 0 Å². The summed E-state index contributed by atoms with van der Waals surface area (Å²) < 4.78 is 0. The van der Waals surface area contributed by atoms with Crippen LogP contribution in [0.15, 0.2) is 12.4 Å². The van der Waals surface area contributed by atoms with Gasteiger partial charge in [0.2, 0.25) is 0 Å². The number of nitrogens with zero attached hydrogens (tertiary/aromatic N) is 4. The van der Waals surface area contributed by atoms with Crippen LogP contribution in [0.25, 0.3) is 0 Å². The Morgan fingerprint density at radius 3 is 2.31 bits per heavy atom. The van der Waals surface area contributed by atoms with Crippen molar-refractivity contribution in [3.63, 3.8) is 0 Å². The Balaban J connectivity index is 1.97. The zero-order valence-electron chi connectivity index (χ0n) is 10.2. The van der Waals surface area contributed by atoms with Crippen LogP contribution in [0, 0.1) is 0 Å². The van der Waals surface area contributed by atoms with Crippen molar-refractivity contribution in [3.05, 3.63) is 18.1 Å². The number of anilines is 1. The quantitative estimate of drug-likeness (QED) is 0.765. The monoisotopic (exact) mass is 220 g/mol. The first-order chi connectivity index (χ1) is 7.83. The summed E-state index contributed by atoms with van der Waals surface area (Å²) in [6.45, 7) is 9.85. The van der Waals surface area contributed by atoms with E-state index in [9.17, 15) is 0 Å². The second kappa shape index (κ2) is 5.25. The molecule has 0 amide bonds. The van der Waals surface area contributed by atoms with Gasteiger partial charge in [-0.05, 0) is 13.0 Å². The van der Waals surface area contributed by atoms with Crippen molar-refractivity contribution in [2.24, 2.45) is 0 Å². The fraction of sp³-hybridized carbons (Fsp3) is 0.667. The van der Waals surface area contributed by atoms with Crippen LogP contribution in [0.2, 0.25) is 0 Å². The molecule has 1 aromatic rings. The second-order valence-electron chi connectivity index (χ2n) is 4.14. The van der Waals surface area contributed by atoms with Gasteiger partial charge in [0.1, 0.15) is 5.82 Å². The Labute approximate surface area is 97.3 Å². The minimum absolute atomic E-state index is 0.955. The van der Waals surface area contributed by atoms with E-state index in [1.165, 1.54) is 0 Å². The number of hydrogen-bond acceptors (Lipinski definition) is 4. The van der Waals surface area contributed by atoms with Gasteiger partial charge in [-0.2, -0.15) is 0 Å². The van der Waals surface area contributed by atoms with E-state index in [1.54, 1.807) is 0 Å². The Bertz CT molecular complexity index is 314. The van der Waals surface area contributed by atoms with Gasteiger partial charge in [0.05, 0.1) is 18.1 Å². The van der Waals surface area contributed by atoms with Crippen molar-refractivity contribution in [1.29, 1.82) is 0 Å². The molecule has 0 bridgehead atoms. The number of rotatable bonds is 3. The first-order valence-electron chi connectivity index (χ1n) is 6.11. The number of piperazine rings is 1. The lowest BCUT2D eigenvalue weighted by molar-refractivity contribution is 0.270. The molecule has 4 heteroatoms. The first-order valence-corrected chi connectivity index (χ1v) is 6.11. The van der Waals surface area contributed by atoms with E-state index in [1.807, 2.05) is 12.4 Å². The highest BCUT2D eigenvalue weighted by atomic mass is 15.3. The maximum absolute atomic E-state index is 4.47. The SMILES string of the molecule is CCc1cnc(N2CCN(CC)CC2)cn1. The molecule has 1 aliphatic heterocycles. The highest BCUT2D eigenvalue weighted by Gasteiger charge is 2.16. The molecule has 4 nitrogen and oxygen atoms in total. The molecule has 2 heterocycles. The normalized spacial score (nSPS) is 17.8. The van der Waals surface area contributed by atoms with Crippen molar-refractivity contribution < 1.29 is 0 Å². The Hall–Kier alpha value is -1.16. The Morgan fingerprint density at radius 2 is 1.81 bits per heavy atom. The number of hydrogen-bond donors (Lipinski definition) is 0. The van der Waals surface area contributed by atoms with Gasteiger partial charge in [-0.3, -0.25) is 4.98 Å². The maximum atomic E-state index is 4.47. The van der Waals surface area contributed by atoms with Crippen LogP contribution in [0.5, 0.6) is 0 Å². The number of likely N-dealkylation sites (N-methyl/N-ethyl adjacent to an activating group) is 1. The van der Waals surface area contributed by atoms with E-state index in [4.69, 9.17) is 0 Å². The van der Waals surface area contributed by atoms with Crippen molar-refractivity contribution >= 4 is 5.82 Å². The van der Waals surface area contributed by atoms with Gasteiger partial charge in [0.15, 0.2) is 0 Å². The van der Waals surface area contributed by atoms with Crippen molar-refractivity contribution in [2.45, 2.75) is 20.3 Å². The van der Waals surface area contributed by atoms with Gasteiger partial charge in [-0.25, -0.2) is 4.98 Å². The van der Waals surface area contributed by atoms with E-state index >= 15 is 0 Å². The topological polar surface area (TPSA) is 32.3 Å². The summed E-state index contributed by atoms with van der Waals surface area (Å²) in [7, 11) is 0. The maximum Gasteiger partial charge on any atom is 0.147 e. The molecule has 0 N–H and O–H groups in total. The van der Waals surface area contributed by atoms with Crippen molar-refractivity contribution in [2.75, 3.05) is 37.6 Å². The largest absolute Gasteiger partial charge is 0.353 e. The Kier molecular flexibility index (Phi) is 3.72. The summed E-state index contributed by atoms with van der Waals surface area (Å²) in [6.07, 6.45) is 4.75. The third-order valence-electron chi connectivity index (χ3n) is 3.20. The fourth-order valence-corrected chi connectivity index (χ4v) is 1.99. The van der Waals surface area contributed by atoms with Crippen LogP contribution in [-0.2, 0) is 6.42 Å². The molecule has 0 unspecified atom stereocenters. The number of aromatic nitrogens is 2. The predicted molar refractivity (Wildman–Crippen MR) is 65.7 cm³/mol. The summed E-state index contributed by atoms with van der Waals surface area (Å²) in [4.78, 5) is 13.6. The summed E-state index contributed by atoms with van der Waals surface area (Å²) in [5.74, 6) is 1.02. The minimum Gasteiger partial charge on any atom is -0.353 e. The lowest BCUT2D eigenvalue weighted by Crippen LogP contribution is -2.46. The standard InChI is InChI=1S/C12H20N4/c1-3-11-9-14-12(10-13-11)16-7-5-15(4-2)6-8-16/h9-10H,3-8H2,1-2H3. The highest BCUT2D eigenvalue weighted by molar-refractivity contribution is 5.36. The highest BCUT2D eigenvalue weighted by Crippen LogP contribution is 2.12. The first kappa shape index (κ1) is 11.3. The lowest BCUT2D eigenvalue weighted by Gasteiger charge is -2.34. The average Bonchev–Trinajstić information content (AvgIpc) is 2.39. The van der Waals surface area contributed by atoms with Crippen molar-refractivity contribution in [1.82, 2.24) is 14.9 Å². The van der Waals surface area contributed by atoms with Crippen LogP contribution >= 0.6 is 0 Å². The molecule has 0 aromatic carbocycles. The molecule has 2 rings (SSSR count). The lowest BCUT2D eigenvalue weighted by atomic mass is 10.3. The van der Waals surface area contributed by atoms with Gasteiger partial charge in [-0.15, -0.1) is 0 Å². The third kappa shape index (κ3) is 2.50. The zero-order valence-corrected chi connectivity index (χ0v) is 10.2. The van der Waals surface area contributed by atoms with Crippen LogP contribution in [0.4, 0.5) is 5.82 Å². The molecule has 0 spiro atoms. The molecule has 88 valence electrons. The fourth-order valence-electron chi connectivity index (χ4n) is 1.99. The molecule has 16 heavy (non-hydrogen) atoms. The minimum atomic E-state index is 0.955. The molecule has 1 fully saturated rings. The third-order valence-corrected chi connectivity index (χ3v) is 3.20. The van der Waals surface area contributed by atoms with E-state index in [-0.39, 0.29) is 0 Å². The van der Waals surface area contributed by atoms with E-state index in [2.05, 4.69) is 33.6 Å². The van der Waals surface area contributed by atoms with Crippen LogP contribution in [-0.4, -0.2) is 47.6 Å². The smallest absolute Gasteiger partial charge is 0.147 e. The van der Waals surface area contributed by atoms with Gasteiger partial charge >= 0.3 is 0 Å².